The van der Waals surface area contributed by atoms with E-state index in [1.165, 1.54) is 18.5 Å². The van der Waals surface area contributed by atoms with Gasteiger partial charge in [0.25, 0.3) is 0 Å². The second-order valence-electron chi connectivity index (χ2n) is 6.60. The molecule has 0 saturated carbocycles. The summed E-state index contributed by atoms with van der Waals surface area (Å²) in [7, 11) is -0.244. The second kappa shape index (κ2) is 8.60. The summed E-state index contributed by atoms with van der Waals surface area (Å²) in [5, 5.41) is 5.53. The summed E-state index contributed by atoms with van der Waals surface area (Å²) in [4.78, 5) is 12.4. The largest absolute Gasteiger partial charge is 0.497 e. The lowest BCUT2D eigenvalue weighted by Crippen LogP contribution is -2.36. The van der Waals surface area contributed by atoms with E-state index in [1.54, 1.807) is 37.3 Å². The van der Waals surface area contributed by atoms with E-state index in [9.17, 15) is 13.2 Å². The normalized spacial score (nSPS) is 13.4. The number of urea groups is 1. The number of nitrogens with zero attached hydrogens (tertiary/aromatic N) is 1. The number of hydrogen-bond acceptors (Lipinski definition) is 5. The first kappa shape index (κ1) is 20.8. The molecule has 2 N–H and O–H groups in total. The van der Waals surface area contributed by atoms with Crippen molar-refractivity contribution in [2.45, 2.75) is 19.8 Å². The molecular formula is C20H25N3O5S. The van der Waals surface area contributed by atoms with E-state index in [0.29, 0.717) is 35.1 Å². The standard InChI is InChI=1S/C20H25N3O5S/c1-4-29(25,26)23-9-5-6-14-10-15(7-8-19(14)23)21-20(24)22-16-11-17(27-2)13-18(12-16)28-3/h7-8,10-13H,4-6,9H2,1-3H3,(H2,21,22,24). The van der Waals surface area contributed by atoms with E-state index in [2.05, 4.69) is 10.6 Å². The number of fused-ring (bicyclic) bond motifs is 1. The monoisotopic (exact) mass is 419 g/mol. The highest BCUT2D eigenvalue weighted by molar-refractivity contribution is 7.92. The van der Waals surface area contributed by atoms with Crippen LogP contribution in [0.25, 0.3) is 0 Å². The fourth-order valence-corrected chi connectivity index (χ4v) is 4.45. The van der Waals surface area contributed by atoms with Crippen LogP contribution < -0.4 is 24.4 Å². The first-order chi connectivity index (χ1) is 13.9. The molecule has 2 aromatic rings. The number of ether oxygens (including phenoxy) is 2. The number of nitrogens with one attached hydrogen (secondary N) is 2. The van der Waals surface area contributed by atoms with Crippen molar-refractivity contribution in [3.05, 3.63) is 42.0 Å². The molecule has 29 heavy (non-hydrogen) atoms. The Labute approximate surface area is 170 Å². The molecule has 0 spiro atoms. The van der Waals surface area contributed by atoms with Crippen LogP contribution in [0.2, 0.25) is 0 Å². The van der Waals surface area contributed by atoms with Gasteiger partial charge in [-0.3, -0.25) is 4.31 Å². The zero-order valence-electron chi connectivity index (χ0n) is 16.7. The number of aryl methyl sites for hydroxylation is 1. The maximum absolute atomic E-state index is 12.4. The smallest absolute Gasteiger partial charge is 0.323 e. The SMILES string of the molecule is CCS(=O)(=O)N1CCCc2cc(NC(=O)Nc3cc(OC)cc(OC)c3)ccc21. The number of carbonyl (C=O) groups is 1. The van der Waals surface area contributed by atoms with Gasteiger partial charge < -0.3 is 20.1 Å². The van der Waals surface area contributed by atoms with Gasteiger partial charge in [-0.15, -0.1) is 0 Å². The van der Waals surface area contributed by atoms with E-state index in [0.717, 1.165) is 18.4 Å². The Bertz CT molecular complexity index is 985. The van der Waals surface area contributed by atoms with Crippen LogP contribution >= 0.6 is 0 Å². The van der Waals surface area contributed by atoms with Gasteiger partial charge in [0, 0.05) is 36.1 Å². The number of sulfonamides is 1. The van der Waals surface area contributed by atoms with Crippen LogP contribution in [0.1, 0.15) is 18.9 Å². The fourth-order valence-electron chi connectivity index (χ4n) is 3.26. The Morgan fingerprint density at radius 1 is 1.03 bits per heavy atom. The summed E-state index contributed by atoms with van der Waals surface area (Å²) < 4.78 is 36.5. The number of methoxy groups -OCH3 is 2. The Morgan fingerprint density at radius 3 is 2.31 bits per heavy atom. The molecule has 8 nitrogen and oxygen atoms in total. The van der Waals surface area contributed by atoms with Crippen molar-refractivity contribution < 1.29 is 22.7 Å². The van der Waals surface area contributed by atoms with Gasteiger partial charge in [-0.2, -0.15) is 0 Å². The van der Waals surface area contributed by atoms with Gasteiger partial charge in [0.1, 0.15) is 11.5 Å². The van der Waals surface area contributed by atoms with Gasteiger partial charge in [0.05, 0.1) is 25.7 Å². The zero-order chi connectivity index (χ0) is 21.0. The maximum Gasteiger partial charge on any atom is 0.323 e. The van der Waals surface area contributed by atoms with Gasteiger partial charge in [0.15, 0.2) is 0 Å². The van der Waals surface area contributed by atoms with E-state index in [-0.39, 0.29) is 5.75 Å². The third kappa shape index (κ3) is 4.73. The third-order valence-electron chi connectivity index (χ3n) is 4.72. The van der Waals surface area contributed by atoms with Gasteiger partial charge >= 0.3 is 6.03 Å². The molecule has 0 atom stereocenters. The van der Waals surface area contributed by atoms with Crippen LogP contribution in [0.4, 0.5) is 21.9 Å². The molecule has 0 aliphatic carbocycles. The van der Waals surface area contributed by atoms with Crippen molar-refractivity contribution in [2.75, 3.05) is 41.5 Å². The lowest BCUT2D eigenvalue weighted by atomic mass is 10.0. The van der Waals surface area contributed by atoms with Crippen LogP contribution in [0.15, 0.2) is 36.4 Å². The number of hydrogen-bond donors (Lipinski definition) is 2. The molecule has 0 fully saturated rings. The van der Waals surface area contributed by atoms with E-state index in [4.69, 9.17) is 9.47 Å². The van der Waals surface area contributed by atoms with Crippen molar-refractivity contribution in [3.8, 4) is 11.5 Å². The first-order valence-electron chi connectivity index (χ1n) is 9.30. The van der Waals surface area contributed by atoms with Crippen molar-refractivity contribution in [2.24, 2.45) is 0 Å². The van der Waals surface area contributed by atoms with Crippen LogP contribution in [-0.4, -0.2) is 41.0 Å². The number of rotatable bonds is 6. The summed E-state index contributed by atoms with van der Waals surface area (Å²) in [6.07, 6.45) is 1.50. The molecular weight excluding hydrogens is 394 g/mol. The van der Waals surface area contributed by atoms with Crippen molar-refractivity contribution >= 4 is 33.1 Å². The van der Waals surface area contributed by atoms with Crippen molar-refractivity contribution in [1.82, 2.24) is 0 Å². The molecule has 0 bridgehead atoms. The molecule has 0 aromatic heterocycles. The first-order valence-corrected chi connectivity index (χ1v) is 10.9. The summed E-state index contributed by atoms with van der Waals surface area (Å²) in [5.74, 6) is 1.18. The maximum atomic E-state index is 12.4. The fraction of sp³-hybridized carbons (Fsp3) is 0.350. The Kier molecular flexibility index (Phi) is 6.17. The van der Waals surface area contributed by atoms with Gasteiger partial charge in [-0.25, -0.2) is 13.2 Å². The molecule has 3 rings (SSSR count). The number of carbonyl (C=O) groups excluding carboxylic acids is 1. The molecule has 1 aliphatic heterocycles. The molecule has 0 radical (unpaired) electrons. The minimum atomic E-state index is -3.31. The van der Waals surface area contributed by atoms with Crippen LogP contribution in [0.5, 0.6) is 11.5 Å². The minimum absolute atomic E-state index is 0.0544. The third-order valence-corrected chi connectivity index (χ3v) is 6.50. The molecule has 9 heteroatoms. The van der Waals surface area contributed by atoms with E-state index < -0.39 is 16.1 Å². The van der Waals surface area contributed by atoms with Crippen molar-refractivity contribution in [1.29, 1.82) is 0 Å². The minimum Gasteiger partial charge on any atom is -0.497 e. The van der Waals surface area contributed by atoms with Gasteiger partial charge in [0.2, 0.25) is 10.0 Å². The Balaban J connectivity index is 1.75. The highest BCUT2D eigenvalue weighted by Gasteiger charge is 2.26. The Morgan fingerprint density at radius 2 is 1.69 bits per heavy atom. The van der Waals surface area contributed by atoms with Crippen LogP contribution in [0, 0.1) is 0 Å². The topological polar surface area (TPSA) is 97.0 Å². The Hall–Kier alpha value is -2.94. The average molecular weight is 420 g/mol. The summed E-state index contributed by atoms with van der Waals surface area (Å²) >= 11 is 0. The molecule has 156 valence electrons. The summed E-state index contributed by atoms with van der Waals surface area (Å²) in [5.41, 5.74) is 2.69. The zero-order valence-corrected chi connectivity index (χ0v) is 17.5. The molecule has 1 heterocycles. The highest BCUT2D eigenvalue weighted by atomic mass is 32.2. The predicted molar refractivity (Wildman–Crippen MR) is 114 cm³/mol. The van der Waals surface area contributed by atoms with Crippen molar-refractivity contribution in [3.63, 3.8) is 0 Å². The molecule has 1 aliphatic rings. The number of amides is 2. The summed E-state index contributed by atoms with van der Waals surface area (Å²) in [6.45, 7) is 2.12. The molecule has 0 saturated heterocycles. The predicted octanol–water partition coefficient (Wildman–Crippen LogP) is 3.45. The summed E-state index contributed by atoms with van der Waals surface area (Å²) in [6, 6.07) is 9.92. The van der Waals surface area contributed by atoms with Crippen LogP contribution in [-0.2, 0) is 16.4 Å². The lowest BCUT2D eigenvalue weighted by Gasteiger charge is -2.30. The average Bonchev–Trinajstić information content (AvgIpc) is 2.72. The molecule has 2 aromatic carbocycles. The highest BCUT2D eigenvalue weighted by Crippen LogP contribution is 2.32. The number of benzene rings is 2. The van der Waals surface area contributed by atoms with Gasteiger partial charge in [-0.1, -0.05) is 0 Å². The van der Waals surface area contributed by atoms with E-state index in [1.807, 2.05) is 6.07 Å². The number of anilines is 3. The van der Waals surface area contributed by atoms with Crippen LogP contribution in [0.3, 0.4) is 0 Å². The molecule has 2 amide bonds. The van der Waals surface area contributed by atoms with E-state index >= 15 is 0 Å². The second-order valence-corrected chi connectivity index (χ2v) is 8.78. The quantitative estimate of drug-likeness (QED) is 0.748. The lowest BCUT2D eigenvalue weighted by molar-refractivity contribution is 0.262. The van der Waals surface area contributed by atoms with Gasteiger partial charge in [-0.05, 0) is 43.5 Å². The molecule has 0 unspecified atom stereocenters.